The molecule has 29 heavy (non-hydrogen) atoms. The number of ether oxygens (including phenoxy) is 1. The molecule has 1 aromatic carbocycles. The Balaban J connectivity index is 0.000000687. The van der Waals surface area contributed by atoms with Gasteiger partial charge in [0.1, 0.15) is 17.6 Å². The number of hydrogen-bond donors (Lipinski definition) is 2. The molecule has 3 N–H and O–H groups in total. The van der Waals surface area contributed by atoms with E-state index < -0.39 is 24.2 Å². The van der Waals surface area contributed by atoms with Crippen LogP contribution in [0.15, 0.2) is 41.5 Å². The van der Waals surface area contributed by atoms with Crippen LogP contribution >= 0.6 is 0 Å². The van der Waals surface area contributed by atoms with Crippen LogP contribution in [0.3, 0.4) is 0 Å². The van der Waals surface area contributed by atoms with Gasteiger partial charge in [0.05, 0.1) is 18.2 Å². The molecule has 0 saturated heterocycles. The number of alkyl halides is 2. The number of nitrogens with one attached hydrogen (secondary N) is 1. The number of nitrogens with two attached hydrogens (primary N) is 1. The van der Waals surface area contributed by atoms with Gasteiger partial charge < -0.3 is 15.8 Å². The van der Waals surface area contributed by atoms with Crippen molar-refractivity contribution in [1.82, 2.24) is 4.98 Å². The van der Waals surface area contributed by atoms with Gasteiger partial charge in [0.25, 0.3) is 11.9 Å². The number of anilines is 1. The molecule has 1 atom stereocenters. The van der Waals surface area contributed by atoms with Crippen molar-refractivity contribution in [1.29, 1.82) is 5.26 Å². The summed E-state index contributed by atoms with van der Waals surface area (Å²) in [4.78, 5) is 20.2. The number of carbonyl (C=O) groups excluding carboxylic acids is 1. The zero-order valence-electron chi connectivity index (χ0n) is 15.4. The molecular formula is C19H18F3N5O2. The number of aromatic nitrogens is 1. The van der Waals surface area contributed by atoms with E-state index in [1.165, 1.54) is 36.5 Å². The molecule has 152 valence electrons. The first-order chi connectivity index (χ1) is 13.8. The van der Waals surface area contributed by atoms with E-state index in [4.69, 9.17) is 15.7 Å². The Kier molecular flexibility index (Phi) is 7.54. The lowest BCUT2D eigenvalue weighted by Crippen LogP contribution is -2.24. The number of rotatable bonds is 3. The minimum Gasteiger partial charge on any atom is -0.465 e. The normalized spacial score (nSPS) is 15.3. The molecule has 2 aromatic rings. The van der Waals surface area contributed by atoms with E-state index in [9.17, 15) is 18.0 Å². The van der Waals surface area contributed by atoms with Crippen molar-refractivity contribution in [3.05, 3.63) is 59.2 Å². The third-order valence-electron chi connectivity index (χ3n) is 3.66. The number of nitrogens with zero attached hydrogens (tertiary/aromatic N) is 3. The molecule has 1 unspecified atom stereocenters. The van der Waals surface area contributed by atoms with E-state index in [1.807, 2.05) is 6.07 Å². The minimum absolute atomic E-state index is 0.0203. The standard InChI is InChI=1S/C17H14FN5O2.C2H4F2/c18-13-3-2-11(7-12(13)14-5-6-25-17(20)23-14)22-16(24)15-4-1-10(8-19)9-21-15;1-2(3)4/h1-4,7,9,14H,5-6H2,(H2,20,23)(H,22,24);2H,1H3. The fourth-order valence-corrected chi connectivity index (χ4v) is 2.42. The van der Waals surface area contributed by atoms with E-state index in [1.54, 1.807) is 0 Å². The summed E-state index contributed by atoms with van der Waals surface area (Å²) in [6, 6.07) is 8.66. The van der Waals surface area contributed by atoms with Gasteiger partial charge in [0.2, 0.25) is 6.43 Å². The Morgan fingerprint density at radius 3 is 2.69 bits per heavy atom. The van der Waals surface area contributed by atoms with E-state index in [2.05, 4.69) is 15.3 Å². The zero-order chi connectivity index (χ0) is 21.4. The second kappa shape index (κ2) is 10.1. The van der Waals surface area contributed by atoms with Gasteiger partial charge in [0, 0.05) is 23.9 Å². The average Bonchev–Trinajstić information content (AvgIpc) is 2.69. The predicted octanol–water partition coefficient (Wildman–Crippen LogP) is 3.39. The Bertz CT molecular complexity index is 924. The minimum atomic E-state index is -2.17. The summed E-state index contributed by atoms with van der Waals surface area (Å²) in [7, 11) is 0. The summed E-state index contributed by atoms with van der Waals surface area (Å²) < 4.78 is 39.8. The number of hydrogen-bond acceptors (Lipinski definition) is 6. The summed E-state index contributed by atoms with van der Waals surface area (Å²) in [5.41, 5.74) is 6.78. The average molecular weight is 405 g/mol. The number of nitriles is 1. The number of halogens is 3. The highest BCUT2D eigenvalue weighted by Crippen LogP contribution is 2.28. The topological polar surface area (TPSA) is 113 Å². The van der Waals surface area contributed by atoms with Crippen molar-refractivity contribution in [2.24, 2.45) is 10.7 Å². The van der Waals surface area contributed by atoms with Gasteiger partial charge in [-0.1, -0.05) is 0 Å². The molecule has 0 bridgehead atoms. The number of amides is 1. The molecule has 2 heterocycles. The van der Waals surface area contributed by atoms with Crippen LogP contribution in [-0.4, -0.2) is 29.9 Å². The number of aliphatic imine (C=N–C) groups is 1. The summed E-state index contributed by atoms with van der Waals surface area (Å²) in [6.07, 6.45) is -0.364. The molecule has 7 nitrogen and oxygen atoms in total. The SMILES string of the molecule is CC(F)F.N#Cc1ccc(C(=O)Nc2ccc(F)c(C3CCOC(N)=N3)c2)nc1. The Labute approximate surface area is 165 Å². The van der Waals surface area contributed by atoms with Crippen molar-refractivity contribution in [3.8, 4) is 6.07 Å². The molecule has 1 aromatic heterocycles. The summed E-state index contributed by atoms with van der Waals surface area (Å²) >= 11 is 0. The maximum Gasteiger partial charge on any atom is 0.282 e. The van der Waals surface area contributed by atoms with Crippen LogP contribution in [0.5, 0.6) is 0 Å². The summed E-state index contributed by atoms with van der Waals surface area (Å²) in [6.45, 7) is 1.19. The third-order valence-corrected chi connectivity index (χ3v) is 3.66. The van der Waals surface area contributed by atoms with Gasteiger partial charge in [0.15, 0.2) is 0 Å². The molecule has 0 spiro atoms. The maximum atomic E-state index is 14.1. The number of pyridine rings is 1. The lowest BCUT2D eigenvalue weighted by molar-refractivity contribution is 0.102. The largest absolute Gasteiger partial charge is 0.465 e. The van der Waals surface area contributed by atoms with Gasteiger partial charge in [-0.3, -0.25) is 4.79 Å². The maximum absolute atomic E-state index is 14.1. The second-order valence-corrected chi connectivity index (χ2v) is 5.87. The molecule has 0 aliphatic carbocycles. The van der Waals surface area contributed by atoms with Crippen molar-refractivity contribution in [2.45, 2.75) is 25.8 Å². The quantitative estimate of drug-likeness (QED) is 0.813. The van der Waals surface area contributed by atoms with Crippen LogP contribution in [0.2, 0.25) is 0 Å². The Morgan fingerprint density at radius 2 is 2.10 bits per heavy atom. The van der Waals surface area contributed by atoms with Crippen molar-refractivity contribution < 1.29 is 22.7 Å². The summed E-state index contributed by atoms with van der Waals surface area (Å²) in [5.74, 6) is -0.894. The van der Waals surface area contributed by atoms with Crippen LogP contribution in [0, 0.1) is 17.1 Å². The molecular weight excluding hydrogens is 387 g/mol. The van der Waals surface area contributed by atoms with Gasteiger partial charge >= 0.3 is 0 Å². The van der Waals surface area contributed by atoms with Crippen LogP contribution in [0.25, 0.3) is 0 Å². The highest BCUT2D eigenvalue weighted by molar-refractivity contribution is 6.02. The van der Waals surface area contributed by atoms with Gasteiger partial charge in [-0.15, -0.1) is 0 Å². The first kappa shape index (κ1) is 21.7. The highest BCUT2D eigenvalue weighted by Gasteiger charge is 2.20. The smallest absolute Gasteiger partial charge is 0.282 e. The molecule has 1 amide bonds. The molecule has 0 radical (unpaired) electrons. The molecule has 0 saturated carbocycles. The lowest BCUT2D eigenvalue weighted by atomic mass is 10.0. The molecule has 1 aliphatic rings. The predicted molar refractivity (Wildman–Crippen MR) is 99.9 cm³/mol. The van der Waals surface area contributed by atoms with Crippen LogP contribution in [0.1, 0.15) is 41.0 Å². The van der Waals surface area contributed by atoms with Gasteiger partial charge in [-0.05, 0) is 37.3 Å². The van der Waals surface area contributed by atoms with Crippen molar-refractivity contribution >= 4 is 17.6 Å². The molecule has 1 aliphatic heterocycles. The van der Waals surface area contributed by atoms with Crippen LogP contribution < -0.4 is 11.1 Å². The fraction of sp³-hybridized carbons (Fsp3) is 0.263. The Hall–Kier alpha value is -3.61. The number of amidine groups is 1. The highest BCUT2D eigenvalue weighted by atomic mass is 19.3. The van der Waals surface area contributed by atoms with E-state index in [-0.39, 0.29) is 11.7 Å². The number of carbonyl (C=O) groups is 1. The Morgan fingerprint density at radius 1 is 1.38 bits per heavy atom. The van der Waals surface area contributed by atoms with Crippen LogP contribution in [0.4, 0.5) is 18.9 Å². The molecule has 3 rings (SSSR count). The van der Waals surface area contributed by atoms with E-state index >= 15 is 0 Å². The van der Waals surface area contributed by atoms with Crippen molar-refractivity contribution in [2.75, 3.05) is 11.9 Å². The van der Waals surface area contributed by atoms with E-state index in [0.29, 0.717) is 29.8 Å². The first-order valence-corrected chi connectivity index (χ1v) is 8.51. The van der Waals surface area contributed by atoms with Crippen molar-refractivity contribution in [3.63, 3.8) is 0 Å². The number of benzene rings is 1. The van der Waals surface area contributed by atoms with E-state index in [0.717, 1.165) is 6.92 Å². The van der Waals surface area contributed by atoms with Gasteiger partial charge in [-0.25, -0.2) is 23.1 Å². The lowest BCUT2D eigenvalue weighted by Gasteiger charge is -2.20. The monoisotopic (exact) mass is 405 g/mol. The van der Waals surface area contributed by atoms with Gasteiger partial charge in [-0.2, -0.15) is 5.26 Å². The second-order valence-electron chi connectivity index (χ2n) is 5.87. The summed E-state index contributed by atoms with van der Waals surface area (Å²) in [5, 5.41) is 11.4. The zero-order valence-corrected chi connectivity index (χ0v) is 15.4. The fourth-order valence-electron chi connectivity index (χ4n) is 2.42. The molecule has 0 fully saturated rings. The molecule has 10 heteroatoms. The van der Waals surface area contributed by atoms with Crippen LogP contribution in [-0.2, 0) is 4.74 Å². The first-order valence-electron chi connectivity index (χ1n) is 8.51. The third kappa shape index (κ3) is 6.49.